The molecular formula is C25H20IO2S+. The van der Waals surface area contributed by atoms with Crippen LogP contribution in [-0.4, -0.2) is 6.79 Å². The maximum atomic E-state index is 5.79. The highest BCUT2D eigenvalue weighted by atomic mass is 127. The van der Waals surface area contributed by atoms with Gasteiger partial charge in [0.25, 0.3) is 0 Å². The van der Waals surface area contributed by atoms with E-state index in [-0.39, 0.29) is 17.7 Å². The Bertz CT molecular complexity index is 998. The predicted octanol–water partition coefficient (Wildman–Crippen LogP) is 6.80. The predicted molar refractivity (Wildman–Crippen MR) is 127 cm³/mol. The van der Waals surface area contributed by atoms with Crippen molar-refractivity contribution in [2.75, 3.05) is 6.79 Å². The van der Waals surface area contributed by atoms with E-state index in [9.17, 15) is 0 Å². The molecule has 0 N–H and O–H groups in total. The third-order valence-electron chi connectivity index (χ3n) is 4.29. The first-order chi connectivity index (χ1) is 14.3. The van der Waals surface area contributed by atoms with Crippen LogP contribution in [0.4, 0.5) is 0 Å². The van der Waals surface area contributed by atoms with Crippen molar-refractivity contribution in [3.63, 3.8) is 0 Å². The molecule has 0 unspecified atom stereocenters. The Morgan fingerprint density at radius 1 is 0.552 bits per heavy atom. The smallest absolute Gasteiger partial charge is 0.230 e. The Kier molecular flexibility index (Phi) is 6.75. The number of halogens is 1. The normalized spacial score (nSPS) is 10.7. The SMILES string of the molecule is Ic1ccccc1OCOc1ccc([S+](c2ccccc2)c2ccccc2)cc1. The van der Waals surface area contributed by atoms with Crippen molar-refractivity contribution >= 4 is 33.5 Å². The summed E-state index contributed by atoms with van der Waals surface area (Å²) in [6.07, 6.45) is 0. The van der Waals surface area contributed by atoms with Crippen LogP contribution in [0.5, 0.6) is 11.5 Å². The fraction of sp³-hybridized carbons (Fsp3) is 0.0400. The quantitative estimate of drug-likeness (QED) is 0.154. The maximum Gasteiger partial charge on any atom is 0.230 e. The molecule has 4 aromatic carbocycles. The molecule has 29 heavy (non-hydrogen) atoms. The third kappa shape index (κ3) is 5.14. The van der Waals surface area contributed by atoms with E-state index >= 15 is 0 Å². The van der Waals surface area contributed by atoms with Crippen LogP contribution in [0.25, 0.3) is 0 Å². The number of ether oxygens (including phenoxy) is 2. The molecule has 0 fully saturated rings. The highest BCUT2D eigenvalue weighted by Gasteiger charge is 2.28. The molecule has 0 aromatic heterocycles. The second kappa shape index (κ2) is 9.85. The zero-order valence-electron chi connectivity index (χ0n) is 15.7. The van der Waals surface area contributed by atoms with E-state index in [1.54, 1.807) is 0 Å². The van der Waals surface area contributed by atoms with Gasteiger partial charge in [-0.2, -0.15) is 0 Å². The largest absolute Gasteiger partial charge is 0.457 e. The lowest BCUT2D eigenvalue weighted by atomic mass is 10.3. The zero-order valence-corrected chi connectivity index (χ0v) is 18.7. The standard InChI is InChI=1S/C25H20IO2S/c26-24-13-7-8-14-25(24)28-19-27-20-15-17-23(18-16-20)29(21-9-3-1-4-10-21)22-11-5-2-6-12-22/h1-18H,19H2/q+1. The van der Waals surface area contributed by atoms with E-state index in [1.807, 2.05) is 36.4 Å². The van der Waals surface area contributed by atoms with E-state index in [2.05, 4.69) is 95.4 Å². The second-order valence-electron chi connectivity index (χ2n) is 6.24. The topological polar surface area (TPSA) is 18.5 Å². The van der Waals surface area contributed by atoms with Gasteiger partial charge in [0.1, 0.15) is 11.5 Å². The molecule has 0 heterocycles. The summed E-state index contributed by atoms with van der Waals surface area (Å²) >= 11 is 2.26. The summed E-state index contributed by atoms with van der Waals surface area (Å²) in [5.74, 6) is 1.63. The number of para-hydroxylation sites is 1. The first-order valence-corrected chi connectivity index (χ1v) is 11.6. The Hall–Kier alpha value is -2.44. The number of benzene rings is 4. The third-order valence-corrected chi connectivity index (χ3v) is 7.42. The molecule has 0 bridgehead atoms. The molecule has 144 valence electrons. The molecule has 4 heteroatoms. The molecule has 0 radical (unpaired) electrons. The number of hydrogen-bond acceptors (Lipinski definition) is 2. The van der Waals surface area contributed by atoms with E-state index in [0.717, 1.165) is 15.1 Å². The van der Waals surface area contributed by atoms with Gasteiger partial charge in [-0.05, 0) is 83.3 Å². The van der Waals surface area contributed by atoms with Crippen LogP contribution in [0.2, 0.25) is 0 Å². The average molecular weight is 511 g/mol. The van der Waals surface area contributed by atoms with Gasteiger partial charge in [0, 0.05) is 0 Å². The molecule has 0 atom stereocenters. The summed E-state index contributed by atoms with van der Waals surface area (Å²) in [4.78, 5) is 3.86. The summed E-state index contributed by atoms with van der Waals surface area (Å²) in [6.45, 7) is 0.183. The second-order valence-corrected chi connectivity index (χ2v) is 9.43. The van der Waals surface area contributed by atoms with E-state index in [1.165, 1.54) is 14.7 Å². The molecule has 4 aromatic rings. The van der Waals surface area contributed by atoms with Gasteiger partial charge in [-0.15, -0.1) is 0 Å². The molecule has 0 aliphatic carbocycles. The summed E-state index contributed by atoms with van der Waals surface area (Å²) in [5.41, 5.74) is 0. The molecule has 0 spiro atoms. The van der Waals surface area contributed by atoms with Crippen LogP contribution in [0, 0.1) is 3.57 Å². The lowest BCUT2D eigenvalue weighted by Crippen LogP contribution is -2.07. The fourth-order valence-electron chi connectivity index (χ4n) is 2.92. The minimum Gasteiger partial charge on any atom is -0.457 e. The Labute approximate surface area is 188 Å². The monoisotopic (exact) mass is 511 g/mol. The van der Waals surface area contributed by atoms with Gasteiger partial charge < -0.3 is 9.47 Å². The molecule has 0 aliphatic heterocycles. The summed E-state index contributed by atoms with van der Waals surface area (Å²) in [6, 6.07) is 37.5. The van der Waals surface area contributed by atoms with E-state index in [4.69, 9.17) is 9.47 Å². The van der Waals surface area contributed by atoms with Crippen LogP contribution < -0.4 is 9.47 Å². The Morgan fingerprint density at radius 3 is 1.66 bits per heavy atom. The van der Waals surface area contributed by atoms with Crippen LogP contribution in [0.3, 0.4) is 0 Å². The van der Waals surface area contributed by atoms with Crippen LogP contribution >= 0.6 is 22.6 Å². The molecule has 0 aliphatic rings. The lowest BCUT2D eigenvalue weighted by Gasteiger charge is -2.11. The van der Waals surface area contributed by atoms with Crippen molar-refractivity contribution in [2.24, 2.45) is 0 Å². The highest BCUT2D eigenvalue weighted by Crippen LogP contribution is 2.32. The van der Waals surface area contributed by atoms with Crippen molar-refractivity contribution < 1.29 is 9.47 Å². The van der Waals surface area contributed by atoms with Gasteiger partial charge in [-0.1, -0.05) is 48.5 Å². The van der Waals surface area contributed by atoms with Crippen molar-refractivity contribution in [2.45, 2.75) is 14.7 Å². The first-order valence-electron chi connectivity index (χ1n) is 9.26. The molecule has 2 nitrogen and oxygen atoms in total. The van der Waals surface area contributed by atoms with Crippen molar-refractivity contribution in [1.29, 1.82) is 0 Å². The summed E-state index contributed by atoms with van der Waals surface area (Å²) in [5, 5.41) is 0. The molecule has 0 saturated carbocycles. The lowest BCUT2D eigenvalue weighted by molar-refractivity contribution is 0.119. The fourth-order valence-corrected chi connectivity index (χ4v) is 5.54. The van der Waals surface area contributed by atoms with E-state index < -0.39 is 0 Å². The Balaban J connectivity index is 1.50. The van der Waals surface area contributed by atoms with Crippen molar-refractivity contribution in [3.8, 4) is 11.5 Å². The van der Waals surface area contributed by atoms with Crippen LogP contribution in [0.15, 0.2) is 124 Å². The van der Waals surface area contributed by atoms with E-state index in [0.29, 0.717) is 0 Å². The summed E-state index contributed by atoms with van der Waals surface area (Å²) in [7, 11) is -0.149. The van der Waals surface area contributed by atoms with Crippen LogP contribution in [-0.2, 0) is 10.9 Å². The van der Waals surface area contributed by atoms with Gasteiger partial charge in [0.2, 0.25) is 6.79 Å². The molecule has 0 amide bonds. The van der Waals surface area contributed by atoms with Crippen molar-refractivity contribution in [1.82, 2.24) is 0 Å². The van der Waals surface area contributed by atoms with Crippen molar-refractivity contribution in [3.05, 3.63) is 113 Å². The molecule has 0 saturated heterocycles. The zero-order chi connectivity index (χ0) is 19.9. The Morgan fingerprint density at radius 2 is 1.07 bits per heavy atom. The molecular weight excluding hydrogens is 491 g/mol. The minimum absolute atomic E-state index is 0.149. The number of rotatable bonds is 7. The average Bonchev–Trinajstić information content (AvgIpc) is 2.78. The number of hydrogen-bond donors (Lipinski definition) is 0. The van der Waals surface area contributed by atoms with Crippen LogP contribution in [0.1, 0.15) is 0 Å². The molecule has 4 rings (SSSR count). The minimum atomic E-state index is -0.149. The van der Waals surface area contributed by atoms with Gasteiger partial charge >= 0.3 is 0 Å². The van der Waals surface area contributed by atoms with Gasteiger partial charge in [0.15, 0.2) is 14.7 Å². The first kappa shape index (κ1) is 19.9. The summed E-state index contributed by atoms with van der Waals surface area (Å²) < 4.78 is 12.6. The highest BCUT2D eigenvalue weighted by molar-refractivity contribution is 14.1. The van der Waals surface area contributed by atoms with Gasteiger partial charge in [-0.25, -0.2) is 0 Å². The van der Waals surface area contributed by atoms with Gasteiger partial charge in [0.05, 0.1) is 14.5 Å². The van der Waals surface area contributed by atoms with Gasteiger partial charge in [-0.3, -0.25) is 0 Å². The maximum absolute atomic E-state index is 5.79.